The summed E-state index contributed by atoms with van der Waals surface area (Å²) in [5.41, 5.74) is 4.19. The minimum atomic E-state index is -0.595. The number of benzene rings is 1. The normalized spacial score (nSPS) is 13.3. The van der Waals surface area contributed by atoms with E-state index in [9.17, 15) is 14.7 Å². The molecule has 10 heteroatoms. The molecule has 0 aliphatic carbocycles. The van der Waals surface area contributed by atoms with Gasteiger partial charge in [-0.05, 0) is 42.8 Å². The summed E-state index contributed by atoms with van der Waals surface area (Å²) in [6.45, 7) is 1.92. The van der Waals surface area contributed by atoms with E-state index in [2.05, 4.69) is 25.6 Å². The van der Waals surface area contributed by atoms with Crippen molar-refractivity contribution in [3.8, 4) is 11.3 Å². The summed E-state index contributed by atoms with van der Waals surface area (Å²) in [6.07, 6.45) is 5.09. The molecule has 1 amide bonds. The molecule has 3 N–H and O–H groups in total. The fourth-order valence-electron chi connectivity index (χ4n) is 3.54. The largest absolute Gasteiger partial charge is 0.466 e. The van der Waals surface area contributed by atoms with Crippen LogP contribution in [0.2, 0.25) is 0 Å². The number of aliphatic hydroxyl groups is 1. The molecule has 3 aromatic rings. The molecule has 3 heterocycles. The lowest BCUT2D eigenvalue weighted by molar-refractivity contribution is -0.136. The Balaban J connectivity index is 1.59. The number of aliphatic hydroxyl groups excluding tert-OH is 1. The fraction of sp³-hybridized carbons (Fsp3) is 0.208. The predicted octanol–water partition coefficient (Wildman–Crippen LogP) is 2.26. The Labute approximate surface area is 196 Å². The number of amides is 1. The molecule has 34 heavy (non-hydrogen) atoms. The van der Waals surface area contributed by atoms with Crippen LogP contribution in [0.25, 0.3) is 11.3 Å². The van der Waals surface area contributed by atoms with Crippen molar-refractivity contribution < 1.29 is 19.4 Å². The number of β-amino-alcohol motifs (C(OH)–C–C–N with tert-alkyl or cyclic N) is 1. The van der Waals surface area contributed by atoms with Gasteiger partial charge in [-0.25, -0.2) is 14.8 Å². The highest BCUT2D eigenvalue weighted by Crippen LogP contribution is 2.27. The summed E-state index contributed by atoms with van der Waals surface area (Å²) in [7, 11) is 1.26. The van der Waals surface area contributed by atoms with E-state index in [4.69, 9.17) is 4.74 Å². The maximum Gasteiger partial charge on any atom is 0.337 e. The van der Waals surface area contributed by atoms with Gasteiger partial charge in [0.25, 0.3) is 5.91 Å². The van der Waals surface area contributed by atoms with Gasteiger partial charge < -0.3 is 25.4 Å². The van der Waals surface area contributed by atoms with Crippen LogP contribution in [-0.4, -0.2) is 63.6 Å². The van der Waals surface area contributed by atoms with E-state index in [1.54, 1.807) is 36.8 Å². The van der Waals surface area contributed by atoms with Crippen LogP contribution in [0.3, 0.4) is 0 Å². The molecule has 0 saturated heterocycles. The first kappa shape index (κ1) is 22.9. The number of pyridine rings is 1. The molecular formula is C24H24N6O4. The molecule has 0 bridgehead atoms. The van der Waals surface area contributed by atoms with E-state index in [1.165, 1.54) is 12.0 Å². The van der Waals surface area contributed by atoms with E-state index < -0.39 is 5.97 Å². The van der Waals surface area contributed by atoms with Crippen LogP contribution in [0, 0.1) is 6.92 Å². The molecule has 0 atom stereocenters. The van der Waals surface area contributed by atoms with Crippen LogP contribution in [0.15, 0.2) is 66.3 Å². The Bertz CT molecular complexity index is 1250. The lowest BCUT2D eigenvalue weighted by atomic mass is 10.1. The molecular weight excluding hydrogens is 436 g/mol. The average Bonchev–Trinajstić information content (AvgIpc) is 3.16. The summed E-state index contributed by atoms with van der Waals surface area (Å²) in [5.74, 6) is -0.568. The summed E-state index contributed by atoms with van der Waals surface area (Å²) >= 11 is 0. The van der Waals surface area contributed by atoms with Gasteiger partial charge in [-0.15, -0.1) is 0 Å². The number of hydrogen-bond acceptors (Lipinski definition) is 9. The van der Waals surface area contributed by atoms with Gasteiger partial charge in [-0.2, -0.15) is 0 Å². The van der Waals surface area contributed by atoms with Crippen molar-refractivity contribution in [2.24, 2.45) is 0 Å². The zero-order chi connectivity index (χ0) is 24.1. The number of rotatable bonds is 8. The maximum absolute atomic E-state index is 12.8. The second kappa shape index (κ2) is 10.1. The number of nitrogens with one attached hydrogen (secondary N) is 2. The molecule has 10 nitrogen and oxygen atoms in total. The lowest BCUT2D eigenvalue weighted by Gasteiger charge is -2.16. The third-order valence-electron chi connectivity index (χ3n) is 5.32. The number of carbonyl (C=O) groups is 2. The van der Waals surface area contributed by atoms with Crippen molar-refractivity contribution in [3.63, 3.8) is 0 Å². The Morgan fingerprint density at radius 2 is 2.06 bits per heavy atom. The number of ether oxygens (including phenoxy) is 1. The molecule has 1 aliphatic heterocycles. The molecule has 0 radical (unpaired) electrons. The number of carbonyl (C=O) groups excluding carboxylic acids is 2. The number of aromatic nitrogens is 3. The van der Waals surface area contributed by atoms with Gasteiger partial charge in [0.05, 0.1) is 31.5 Å². The SMILES string of the molecule is COC(=O)C1=C(Nc2ccc(C)c(Nc3nccc(-c4cccnc4)n3)c2)C(=O)N(CCO)C1. The summed E-state index contributed by atoms with van der Waals surface area (Å²) in [5, 5.41) is 15.5. The number of hydrogen-bond donors (Lipinski definition) is 3. The van der Waals surface area contributed by atoms with Crippen LogP contribution in [0.4, 0.5) is 17.3 Å². The molecule has 4 rings (SSSR count). The molecule has 0 saturated carbocycles. The van der Waals surface area contributed by atoms with Crippen LogP contribution in [0.5, 0.6) is 0 Å². The van der Waals surface area contributed by atoms with E-state index in [1.807, 2.05) is 25.1 Å². The Morgan fingerprint density at radius 1 is 1.21 bits per heavy atom. The van der Waals surface area contributed by atoms with Gasteiger partial charge in [0.1, 0.15) is 5.70 Å². The third kappa shape index (κ3) is 4.86. The van der Waals surface area contributed by atoms with Gasteiger partial charge in [-0.1, -0.05) is 6.07 Å². The first-order valence-corrected chi connectivity index (χ1v) is 10.6. The van der Waals surface area contributed by atoms with Crippen molar-refractivity contribution in [3.05, 3.63) is 71.8 Å². The second-order valence-corrected chi connectivity index (χ2v) is 7.58. The van der Waals surface area contributed by atoms with Crippen LogP contribution < -0.4 is 10.6 Å². The standard InChI is InChI=1S/C24H24N6O4/c1-15-5-6-17(27-21-18(23(33)34-2)14-30(10-11-31)22(21)32)12-20(15)29-24-26-9-7-19(28-24)16-4-3-8-25-13-16/h3-9,12-13,27,31H,10-11,14H2,1-2H3,(H,26,28,29). The second-order valence-electron chi connectivity index (χ2n) is 7.58. The number of nitrogens with zero attached hydrogens (tertiary/aromatic N) is 4. The Hall–Kier alpha value is -4.31. The molecule has 1 aliphatic rings. The minimum Gasteiger partial charge on any atom is -0.466 e. The van der Waals surface area contributed by atoms with Crippen molar-refractivity contribution >= 4 is 29.2 Å². The van der Waals surface area contributed by atoms with E-state index in [0.29, 0.717) is 11.6 Å². The monoisotopic (exact) mass is 460 g/mol. The number of methoxy groups -OCH3 is 1. The van der Waals surface area contributed by atoms with Gasteiger partial charge in [0.2, 0.25) is 5.95 Å². The zero-order valence-corrected chi connectivity index (χ0v) is 18.8. The van der Waals surface area contributed by atoms with Crippen molar-refractivity contribution in [2.45, 2.75) is 6.92 Å². The van der Waals surface area contributed by atoms with Gasteiger partial charge in [-0.3, -0.25) is 9.78 Å². The van der Waals surface area contributed by atoms with E-state index >= 15 is 0 Å². The first-order valence-electron chi connectivity index (χ1n) is 10.6. The zero-order valence-electron chi connectivity index (χ0n) is 18.8. The topological polar surface area (TPSA) is 130 Å². The molecule has 174 valence electrons. The van der Waals surface area contributed by atoms with Crippen LogP contribution in [0.1, 0.15) is 5.56 Å². The lowest BCUT2D eigenvalue weighted by Crippen LogP contribution is -2.31. The molecule has 1 aromatic carbocycles. The van der Waals surface area contributed by atoms with Crippen molar-refractivity contribution in [1.29, 1.82) is 0 Å². The average molecular weight is 460 g/mol. The van der Waals surface area contributed by atoms with Gasteiger partial charge in [0.15, 0.2) is 0 Å². The van der Waals surface area contributed by atoms with Gasteiger partial charge in [0, 0.05) is 42.1 Å². The summed E-state index contributed by atoms with van der Waals surface area (Å²) < 4.78 is 4.83. The summed E-state index contributed by atoms with van der Waals surface area (Å²) in [6, 6.07) is 11.0. The third-order valence-corrected chi connectivity index (χ3v) is 5.32. The minimum absolute atomic E-state index is 0.0698. The number of anilines is 3. The first-order chi connectivity index (χ1) is 16.5. The smallest absolute Gasteiger partial charge is 0.337 e. The fourth-order valence-corrected chi connectivity index (χ4v) is 3.54. The van der Waals surface area contributed by atoms with Crippen LogP contribution in [-0.2, 0) is 14.3 Å². The van der Waals surface area contributed by atoms with Crippen LogP contribution >= 0.6 is 0 Å². The molecule has 0 spiro atoms. The Morgan fingerprint density at radius 3 is 2.79 bits per heavy atom. The quantitative estimate of drug-likeness (QED) is 0.433. The van der Waals surface area contributed by atoms with Crippen molar-refractivity contribution in [1.82, 2.24) is 19.9 Å². The molecule has 0 unspecified atom stereocenters. The van der Waals surface area contributed by atoms with E-state index in [-0.39, 0.29) is 36.9 Å². The highest BCUT2D eigenvalue weighted by Gasteiger charge is 2.34. The van der Waals surface area contributed by atoms with Gasteiger partial charge >= 0.3 is 5.97 Å². The Kier molecular flexibility index (Phi) is 6.79. The highest BCUT2D eigenvalue weighted by atomic mass is 16.5. The molecule has 2 aromatic heterocycles. The molecule has 0 fully saturated rings. The van der Waals surface area contributed by atoms with Crippen molar-refractivity contribution in [2.75, 3.05) is 37.4 Å². The van der Waals surface area contributed by atoms with E-state index in [0.717, 1.165) is 22.5 Å². The maximum atomic E-state index is 12.8. The predicted molar refractivity (Wildman–Crippen MR) is 126 cm³/mol. The highest BCUT2D eigenvalue weighted by molar-refractivity contribution is 6.08. The summed E-state index contributed by atoms with van der Waals surface area (Å²) in [4.78, 5) is 39.4. The number of esters is 1. The number of aryl methyl sites for hydroxylation is 1.